The molecule has 0 atom stereocenters. The minimum absolute atomic E-state index is 0.0895. The molecule has 0 aliphatic heterocycles. The van der Waals surface area contributed by atoms with Crippen molar-refractivity contribution in [2.45, 2.75) is 0 Å². The molecule has 120 valence electrons. The van der Waals surface area contributed by atoms with Crippen LogP contribution in [0, 0.1) is 0 Å². The third kappa shape index (κ3) is 2.77. The van der Waals surface area contributed by atoms with Gasteiger partial charge in [-0.25, -0.2) is 9.59 Å². The molecule has 0 fully saturated rings. The van der Waals surface area contributed by atoms with Crippen molar-refractivity contribution in [1.29, 1.82) is 0 Å². The van der Waals surface area contributed by atoms with E-state index in [-0.39, 0.29) is 22.5 Å². The number of carbonyl (C=O) groups excluding carboxylic acids is 1. The smallest absolute Gasteiger partial charge is 0.348 e. The van der Waals surface area contributed by atoms with Gasteiger partial charge in [-0.2, -0.15) is 0 Å². The molecule has 0 aliphatic rings. The van der Waals surface area contributed by atoms with Gasteiger partial charge in [0.1, 0.15) is 16.9 Å². The van der Waals surface area contributed by atoms with E-state index in [0.29, 0.717) is 11.1 Å². The van der Waals surface area contributed by atoms with E-state index in [1.165, 1.54) is 13.3 Å². The van der Waals surface area contributed by atoms with Gasteiger partial charge < -0.3 is 14.3 Å². The highest BCUT2D eigenvalue weighted by Crippen LogP contribution is 2.26. The number of ether oxygens (including phenoxy) is 1. The number of esters is 1. The van der Waals surface area contributed by atoms with Gasteiger partial charge in [-0.3, -0.25) is 4.99 Å². The van der Waals surface area contributed by atoms with Crippen LogP contribution in [0.25, 0.3) is 11.0 Å². The van der Waals surface area contributed by atoms with Gasteiger partial charge >= 0.3 is 11.6 Å². The lowest BCUT2D eigenvalue weighted by atomic mass is 10.1. The molecule has 0 aliphatic carbocycles. The monoisotopic (exact) mass is 323 g/mol. The molecule has 0 unspecified atom stereocenters. The molecule has 3 aromatic rings. The van der Waals surface area contributed by atoms with E-state index in [1.54, 1.807) is 48.5 Å². The van der Waals surface area contributed by atoms with Crippen LogP contribution < -0.4 is 5.63 Å². The third-order valence-corrected chi connectivity index (χ3v) is 3.46. The van der Waals surface area contributed by atoms with E-state index in [2.05, 4.69) is 4.99 Å². The molecule has 1 heterocycles. The van der Waals surface area contributed by atoms with Gasteiger partial charge in [0, 0.05) is 6.21 Å². The lowest BCUT2D eigenvalue weighted by Crippen LogP contribution is -2.07. The Labute approximate surface area is 136 Å². The predicted molar refractivity (Wildman–Crippen MR) is 89.2 cm³/mol. The highest BCUT2D eigenvalue weighted by Gasteiger charge is 2.13. The zero-order valence-electron chi connectivity index (χ0n) is 12.7. The molecule has 0 spiro atoms. The summed E-state index contributed by atoms with van der Waals surface area (Å²) < 4.78 is 9.85. The Balaban J connectivity index is 2.10. The van der Waals surface area contributed by atoms with Crippen LogP contribution in [0.1, 0.15) is 15.9 Å². The van der Waals surface area contributed by atoms with Gasteiger partial charge in [0.05, 0.1) is 23.7 Å². The van der Waals surface area contributed by atoms with Crippen LogP contribution >= 0.6 is 0 Å². The van der Waals surface area contributed by atoms with Crippen molar-refractivity contribution < 1.29 is 19.1 Å². The van der Waals surface area contributed by atoms with E-state index >= 15 is 0 Å². The number of aromatic hydroxyl groups is 1. The highest BCUT2D eigenvalue weighted by atomic mass is 16.5. The molecular formula is C18H13NO5. The summed E-state index contributed by atoms with van der Waals surface area (Å²) in [6, 6.07) is 13.2. The Hall–Kier alpha value is -3.41. The normalized spacial score (nSPS) is 11.0. The van der Waals surface area contributed by atoms with Crippen LogP contribution in [0.3, 0.4) is 0 Å². The van der Waals surface area contributed by atoms with Crippen molar-refractivity contribution in [2.75, 3.05) is 7.11 Å². The molecule has 0 saturated carbocycles. The van der Waals surface area contributed by atoms with E-state index < -0.39 is 11.6 Å². The number of methoxy groups -OCH3 is 1. The number of hydrogen-bond donors (Lipinski definition) is 1. The zero-order valence-corrected chi connectivity index (χ0v) is 12.7. The first-order valence-corrected chi connectivity index (χ1v) is 7.08. The maximum atomic E-state index is 12.0. The summed E-state index contributed by atoms with van der Waals surface area (Å²) in [5.41, 5.74) is 0.0446. The van der Waals surface area contributed by atoms with Crippen molar-refractivity contribution in [3.05, 3.63) is 70.1 Å². The molecule has 1 N–H and O–H groups in total. The summed E-state index contributed by atoms with van der Waals surface area (Å²) in [6.45, 7) is 0. The van der Waals surface area contributed by atoms with Gasteiger partial charge in [0.15, 0.2) is 0 Å². The molecule has 2 aromatic carbocycles. The summed E-state index contributed by atoms with van der Waals surface area (Å²) in [6.07, 6.45) is 1.18. The number of carbonyl (C=O) groups is 1. The number of aliphatic imine (C=N–C) groups is 1. The van der Waals surface area contributed by atoms with Crippen molar-refractivity contribution in [2.24, 2.45) is 4.99 Å². The minimum Gasteiger partial charge on any atom is -0.506 e. The average Bonchev–Trinajstić information content (AvgIpc) is 2.61. The van der Waals surface area contributed by atoms with Crippen molar-refractivity contribution in [1.82, 2.24) is 0 Å². The molecule has 24 heavy (non-hydrogen) atoms. The lowest BCUT2D eigenvalue weighted by molar-refractivity contribution is 0.0601. The van der Waals surface area contributed by atoms with Gasteiger partial charge in [0.25, 0.3) is 0 Å². The third-order valence-electron chi connectivity index (χ3n) is 3.46. The summed E-state index contributed by atoms with van der Waals surface area (Å²) in [5.74, 6) is -0.765. The fourth-order valence-electron chi connectivity index (χ4n) is 2.26. The Morgan fingerprint density at radius 3 is 2.67 bits per heavy atom. The summed E-state index contributed by atoms with van der Waals surface area (Å²) in [5, 5.41) is 10.7. The van der Waals surface area contributed by atoms with Crippen molar-refractivity contribution in [3.8, 4) is 5.75 Å². The maximum Gasteiger partial charge on any atom is 0.348 e. The standard InChI is InChI=1S/C18H13NO5/c1-23-17(21)11-6-2-4-8-14(11)19-10-13-16(20)12-7-3-5-9-15(12)24-18(13)22/h2-10,20H,1H3. The second kappa shape index (κ2) is 6.37. The van der Waals surface area contributed by atoms with E-state index in [4.69, 9.17) is 9.15 Å². The van der Waals surface area contributed by atoms with E-state index in [1.807, 2.05) is 0 Å². The number of hydrogen-bond acceptors (Lipinski definition) is 6. The van der Waals surface area contributed by atoms with Gasteiger partial charge in [0.2, 0.25) is 0 Å². The van der Waals surface area contributed by atoms with Crippen LogP contribution in [0.15, 0.2) is 62.7 Å². The zero-order chi connectivity index (χ0) is 17.1. The Morgan fingerprint density at radius 2 is 1.88 bits per heavy atom. The summed E-state index contributed by atoms with van der Waals surface area (Å²) in [7, 11) is 1.27. The average molecular weight is 323 g/mol. The maximum absolute atomic E-state index is 12.0. The Morgan fingerprint density at radius 1 is 1.17 bits per heavy atom. The fraction of sp³-hybridized carbons (Fsp3) is 0.0556. The van der Waals surface area contributed by atoms with E-state index in [0.717, 1.165) is 0 Å². The highest BCUT2D eigenvalue weighted by molar-refractivity contribution is 5.98. The van der Waals surface area contributed by atoms with E-state index in [9.17, 15) is 14.7 Å². The number of rotatable bonds is 3. The van der Waals surface area contributed by atoms with Gasteiger partial charge in [-0.1, -0.05) is 24.3 Å². The number of para-hydroxylation sites is 2. The molecule has 0 saturated heterocycles. The SMILES string of the molecule is COC(=O)c1ccccc1N=Cc1c(O)c2ccccc2oc1=O. The van der Waals surface area contributed by atoms with Crippen LogP contribution in [0.4, 0.5) is 5.69 Å². The first-order chi connectivity index (χ1) is 11.6. The number of fused-ring (bicyclic) bond motifs is 1. The molecule has 0 bridgehead atoms. The largest absolute Gasteiger partial charge is 0.506 e. The minimum atomic E-state index is -0.717. The second-order valence-corrected chi connectivity index (χ2v) is 4.91. The van der Waals surface area contributed by atoms with Crippen molar-refractivity contribution in [3.63, 3.8) is 0 Å². The van der Waals surface area contributed by atoms with Crippen LogP contribution in [0.2, 0.25) is 0 Å². The van der Waals surface area contributed by atoms with Gasteiger partial charge in [-0.05, 0) is 24.3 Å². The molecule has 6 nitrogen and oxygen atoms in total. The first kappa shape index (κ1) is 15.5. The lowest BCUT2D eigenvalue weighted by Gasteiger charge is -2.04. The molecule has 6 heteroatoms. The Kier molecular flexibility index (Phi) is 4.11. The summed E-state index contributed by atoms with van der Waals surface area (Å²) in [4.78, 5) is 27.9. The van der Waals surface area contributed by atoms with Crippen LogP contribution in [0.5, 0.6) is 5.75 Å². The number of nitrogens with zero attached hydrogens (tertiary/aromatic N) is 1. The molecule has 0 amide bonds. The topological polar surface area (TPSA) is 89.1 Å². The molecule has 1 aromatic heterocycles. The quantitative estimate of drug-likeness (QED) is 0.454. The van der Waals surface area contributed by atoms with Crippen LogP contribution in [-0.4, -0.2) is 24.4 Å². The molecular weight excluding hydrogens is 310 g/mol. The second-order valence-electron chi connectivity index (χ2n) is 4.91. The summed E-state index contributed by atoms with van der Waals surface area (Å²) >= 11 is 0. The Bertz CT molecular complexity index is 1000. The first-order valence-electron chi connectivity index (χ1n) is 7.08. The van der Waals surface area contributed by atoms with Gasteiger partial charge in [-0.15, -0.1) is 0 Å². The fourth-order valence-corrected chi connectivity index (χ4v) is 2.26. The predicted octanol–water partition coefficient (Wildman–Crippen LogP) is 3.04. The number of benzene rings is 2. The molecule has 0 radical (unpaired) electrons. The van der Waals surface area contributed by atoms with Crippen molar-refractivity contribution >= 4 is 28.8 Å². The van der Waals surface area contributed by atoms with Crippen LogP contribution in [-0.2, 0) is 4.74 Å². The molecule has 3 rings (SSSR count).